The van der Waals surface area contributed by atoms with Gasteiger partial charge in [0.25, 0.3) is 0 Å². The van der Waals surface area contributed by atoms with Crippen molar-refractivity contribution in [1.82, 2.24) is 10.2 Å². The minimum Gasteiger partial charge on any atom is -0.497 e. The van der Waals surface area contributed by atoms with Gasteiger partial charge in [0.05, 0.1) is 33.9 Å². The Morgan fingerprint density at radius 1 is 0.794 bits per heavy atom. The summed E-state index contributed by atoms with van der Waals surface area (Å²) in [5, 5.41) is 3.26. The van der Waals surface area contributed by atoms with Crippen LogP contribution in [0, 0.1) is 0 Å². The van der Waals surface area contributed by atoms with Crippen molar-refractivity contribution in [2.45, 2.75) is 31.5 Å². The van der Waals surface area contributed by atoms with Crippen LogP contribution in [0.4, 0.5) is 0 Å². The molecule has 0 bridgehead atoms. The van der Waals surface area contributed by atoms with E-state index in [4.69, 9.17) is 14.2 Å². The molecular weight excluding hydrogens is 428 g/mol. The van der Waals surface area contributed by atoms with Crippen LogP contribution in [0.3, 0.4) is 0 Å². The van der Waals surface area contributed by atoms with Crippen molar-refractivity contribution in [1.29, 1.82) is 0 Å². The summed E-state index contributed by atoms with van der Waals surface area (Å²) >= 11 is 0. The molecule has 3 aromatic carbocycles. The number of methoxy groups -OCH3 is 3. The minimum atomic E-state index is -0.272. The van der Waals surface area contributed by atoms with E-state index in [1.54, 1.807) is 21.3 Å². The third-order valence-electron chi connectivity index (χ3n) is 6.16. The van der Waals surface area contributed by atoms with Crippen LogP contribution in [0.25, 0.3) is 0 Å². The zero-order valence-corrected chi connectivity index (χ0v) is 20.0. The van der Waals surface area contributed by atoms with Crippen LogP contribution in [0.1, 0.15) is 35.6 Å². The van der Waals surface area contributed by atoms with Crippen molar-refractivity contribution < 1.29 is 19.0 Å². The van der Waals surface area contributed by atoms with Gasteiger partial charge >= 0.3 is 0 Å². The molecule has 0 aromatic heterocycles. The van der Waals surface area contributed by atoms with Crippen LogP contribution in [-0.4, -0.2) is 44.7 Å². The molecule has 6 heteroatoms. The lowest BCUT2D eigenvalue weighted by Crippen LogP contribution is -2.40. The Morgan fingerprint density at radius 2 is 1.24 bits per heavy atom. The van der Waals surface area contributed by atoms with Crippen LogP contribution in [0.2, 0.25) is 0 Å². The second-order valence-electron chi connectivity index (χ2n) is 8.53. The molecule has 34 heavy (non-hydrogen) atoms. The first-order valence-corrected chi connectivity index (χ1v) is 11.5. The van der Waals surface area contributed by atoms with Crippen molar-refractivity contribution in [2.75, 3.05) is 27.9 Å². The van der Waals surface area contributed by atoms with Gasteiger partial charge in [0.15, 0.2) is 0 Å². The molecule has 1 fully saturated rings. The van der Waals surface area contributed by atoms with Gasteiger partial charge in [-0.2, -0.15) is 0 Å². The fourth-order valence-electron chi connectivity index (χ4n) is 4.06. The fourth-order valence-corrected chi connectivity index (χ4v) is 4.06. The van der Waals surface area contributed by atoms with Gasteiger partial charge in [0.2, 0.25) is 5.91 Å². The lowest BCUT2D eigenvalue weighted by molar-refractivity contribution is -0.123. The molecule has 0 unspecified atom stereocenters. The molecule has 1 saturated carbocycles. The monoisotopic (exact) mass is 460 g/mol. The number of hydrogen-bond donors (Lipinski definition) is 1. The molecule has 0 heterocycles. The number of benzene rings is 3. The third-order valence-corrected chi connectivity index (χ3v) is 6.16. The summed E-state index contributed by atoms with van der Waals surface area (Å²) in [5.74, 6) is 2.39. The maximum atomic E-state index is 13.3. The summed E-state index contributed by atoms with van der Waals surface area (Å²) in [6, 6.07) is 23.8. The van der Waals surface area contributed by atoms with Crippen LogP contribution in [0.5, 0.6) is 17.2 Å². The molecule has 1 aliphatic carbocycles. The molecule has 4 rings (SSSR count). The van der Waals surface area contributed by atoms with E-state index in [2.05, 4.69) is 22.3 Å². The van der Waals surface area contributed by atoms with E-state index in [9.17, 15) is 4.79 Å². The zero-order valence-electron chi connectivity index (χ0n) is 20.0. The molecular formula is C28H32N2O4. The van der Waals surface area contributed by atoms with E-state index in [-0.39, 0.29) is 11.9 Å². The molecule has 1 aliphatic rings. The normalized spacial score (nSPS) is 13.1. The summed E-state index contributed by atoms with van der Waals surface area (Å²) in [4.78, 5) is 15.5. The van der Waals surface area contributed by atoms with Gasteiger partial charge in [-0.05, 0) is 65.9 Å². The predicted molar refractivity (Wildman–Crippen MR) is 132 cm³/mol. The highest BCUT2D eigenvalue weighted by atomic mass is 16.5. The average Bonchev–Trinajstić information content (AvgIpc) is 3.73. The number of nitrogens with one attached hydrogen (secondary N) is 1. The van der Waals surface area contributed by atoms with Gasteiger partial charge in [-0.15, -0.1) is 0 Å². The molecule has 0 aliphatic heterocycles. The van der Waals surface area contributed by atoms with Crippen molar-refractivity contribution >= 4 is 5.91 Å². The average molecular weight is 461 g/mol. The van der Waals surface area contributed by atoms with E-state index in [1.165, 1.54) is 5.56 Å². The minimum absolute atomic E-state index is 0.00273. The van der Waals surface area contributed by atoms with Crippen LogP contribution < -0.4 is 19.5 Å². The maximum absolute atomic E-state index is 13.3. The second kappa shape index (κ2) is 11.1. The van der Waals surface area contributed by atoms with Crippen molar-refractivity contribution in [3.63, 3.8) is 0 Å². The first kappa shape index (κ1) is 23.6. The highest BCUT2D eigenvalue weighted by Crippen LogP contribution is 2.29. The molecule has 0 atom stereocenters. The largest absolute Gasteiger partial charge is 0.497 e. The molecule has 0 spiro atoms. The number of amides is 1. The number of rotatable bonds is 11. The fraction of sp³-hybridized carbons (Fsp3) is 0.321. The number of nitrogens with zero attached hydrogens (tertiary/aromatic N) is 1. The number of ether oxygens (including phenoxy) is 3. The highest BCUT2D eigenvalue weighted by molar-refractivity contribution is 5.79. The smallest absolute Gasteiger partial charge is 0.234 e. The quantitative estimate of drug-likeness (QED) is 0.454. The molecule has 1 amide bonds. The lowest BCUT2D eigenvalue weighted by Gasteiger charge is -2.25. The van der Waals surface area contributed by atoms with Crippen molar-refractivity contribution in [3.05, 3.63) is 89.5 Å². The van der Waals surface area contributed by atoms with Gasteiger partial charge in [-0.3, -0.25) is 9.69 Å². The van der Waals surface area contributed by atoms with E-state index >= 15 is 0 Å². The summed E-state index contributed by atoms with van der Waals surface area (Å²) in [6.45, 7) is 1.08. The highest BCUT2D eigenvalue weighted by Gasteiger charge is 2.31. The SMILES string of the molecule is COc1ccc(CN(CC(=O)NC(c2ccc(OC)cc2)c2ccc(OC)cc2)C2CC2)cc1. The Labute approximate surface area is 201 Å². The summed E-state index contributed by atoms with van der Waals surface area (Å²) in [5.41, 5.74) is 3.15. The van der Waals surface area contributed by atoms with Gasteiger partial charge in [0.1, 0.15) is 17.2 Å². The summed E-state index contributed by atoms with van der Waals surface area (Å²) in [6.07, 6.45) is 2.26. The number of carbonyl (C=O) groups excluding carboxylic acids is 1. The Balaban J connectivity index is 1.49. The van der Waals surface area contributed by atoms with E-state index in [0.717, 1.165) is 47.8 Å². The standard InChI is InChI=1S/C28H32N2O4/c1-32-24-12-4-20(5-13-24)18-30(23-10-11-23)19-27(31)29-28(21-6-14-25(33-2)15-7-21)22-8-16-26(34-3)17-9-22/h4-9,12-17,23,28H,10-11,18-19H2,1-3H3,(H,29,31). The lowest BCUT2D eigenvalue weighted by atomic mass is 9.98. The van der Waals surface area contributed by atoms with Crippen LogP contribution in [-0.2, 0) is 11.3 Å². The summed E-state index contributed by atoms with van der Waals surface area (Å²) in [7, 11) is 4.96. The molecule has 0 saturated heterocycles. The van der Waals surface area contributed by atoms with Crippen LogP contribution >= 0.6 is 0 Å². The molecule has 178 valence electrons. The van der Waals surface area contributed by atoms with Gasteiger partial charge in [-0.25, -0.2) is 0 Å². The zero-order chi connectivity index (χ0) is 23.9. The Morgan fingerprint density at radius 3 is 1.65 bits per heavy atom. The van der Waals surface area contributed by atoms with Crippen molar-refractivity contribution in [3.8, 4) is 17.2 Å². The topological polar surface area (TPSA) is 60.0 Å². The first-order chi connectivity index (χ1) is 16.6. The Hall–Kier alpha value is -3.51. The first-order valence-electron chi connectivity index (χ1n) is 11.5. The van der Waals surface area contributed by atoms with E-state index < -0.39 is 0 Å². The third kappa shape index (κ3) is 6.08. The second-order valence-corrected chi connectivity index (χ2v) is 8.53. The van der Waals surface area contributed by atoms with E-state index in [0.29, 0.717) is 12.6 Å². The molecule has 3 aromatic rings. The number of carbonyl (C=O) groups is 1. The van der Waals surface area contributed by atoms with Gasteiger partial charge in [0, 0.05) is 12.6 Å². The molecule has 6 nitrogen and oxygen atoms in total. The van der Waals surface area contributed by atoms with Crippen LogP contribution in [0.15, 0.2) is 72.8 Å². The van der Waals surface area contributed by atoms with Crippen molar-refractivity contribution in [2.24, 2.45) is 0 Å². The number of hydrogen-bond acceptors (Lipinski definition) is 5. The van der Waals surface area contributed by atoms with Gasteiger partial charge in [-0.1, -0.05) is 36.4 Å². The maximum Gasteiger partial charge on any atom is 0.234 e. The van der Waals surface area contributed by atoms with Gasteiger partial charge < -0.3 is 19.5 Å². The summed E-state index contributed by atoms with van der Waals surface area (Å²) < 4.78 is 15.9. The predicted octanol–water partition coefficient (Wildman–Crippen LogP) is 4.58. The molecule has 1 N–H and O–H groups in total. The van der Waals surface area contributed by atoms with E-state index in [1.807, 2.05) is 60.7 Å². The Bertz CT molecular complexity index is 1010. The Kier molecular flexibility index (Phi) is 7.70. The molecule has 0 radical (unpaired) electrons.